The van der Waals surface area contributed by atoms with Crippen LogP contribution in [-0.2, 0) is 0 Å². The summed E-state index contributed by atoms with van der Waals surface area (Å²) in [5.74, 6) is 0. The molecule has 0 aliphatic rings. The van der Waals surface area contributed by atoms with Crippen LogP contribution >= 0.6 is 0 Å². The molecule has 0 amide bonds. The summed E-state index contributed by atoms with van der Waals surface area (Å²) in [5, 5.41) is 1.11. The van der Waals surface area contributed by atoms with E-state index in [1.165, 1.54) is 11.1 Å². The number of benzene rings is 1. The molecule has 0 aliphatic carbocycles. The molecule has 1 N–H and O–H groups in total. The minimum Gasteiger partial charge on any atom is -0.472 e. The first-order valence-electron chi connectivity index (χ1n) is 6.88. The Morgan fingerprint density at radius 2 is 1.86 bits per heavy atom. The second-order valence-corrected chi connectivity index (χ2v) is 5.20. The minimum atomic E-state index is 0.891. The number of nitrogens with zero attached hydrogens (tertiary/aromatic N) is 1. The first kappa shape index (κ1) is 12.0. The van der Waals surface area contributed by atoms with Crippen molar-refractivity contribution in [3.8, 4) is 22.3 Å². The maximum Gasteiger partial charge on any atom is 0.137 e. The van der Waals surface area contributed by atoms with Crippen molar-refractivity contribution >= 4 is 11.0 Å². The molecule has 4 rings (SSSR count). The molecule has 0 saturated carbocycles. The van der Waals surface area contributed by atoms with E-state index < -0.39 is 0 Å². The lowest BCUT2D eigenvalue weighted by Gasteiger charge is -2.03. The third kappa shape index (κ3) is 2.03. The highest BCUT2D eigenvalue weighted by Gasteiger charge is 2.09. The standard InChI is InChI=1S/C18H14N2O/c1-12-2-4-13(5-3-12)15-8-16-17(14-6-7-21-11-14)10-20-18(16)19-9-15/h2-11H,1H3,(H,19,20). The Morgan fingerprint density at radius 1 is 1.00 bits per heavy atom. The van der Waals surface area contributed by atoms with E-state index in [4.69, 9.17) is 4.42 Å². The number of hydrogen-bond donors (Lipinski definition) is 1. The monoisotopic (exact) mass is 274 g/mol. The predicted molar refractivity (Wildman–Crippen MR) is 84.0 cm³/mol. The van der Waals surface area contributed by atoms with Crippen LogP contribution < -0.4 is 0 Å². The van der Waals surface area contributed by atoms with Crippen molar-refractivity contribution in [2.24, 2.45) is 0 Å². The highest BCUT2D eigenvalue weighted by atomic mass is 16.3. The van der Waals surface area contributed by atoms with Crippen molar-refractivity contribution in [3.63, 3.8) is 0 Å². The Kier molecular flexibility index (Phi) is 2.64. The van der Waals surface area contributed by atoms with E-state index in [0.717, 1.165) is 27.7 Å². The molecule has 3 aromatic heterocycles. The van der Waals surface area contributed by atoms with Gasteiger partial charge in [-0.3, -0.25) is 0 Å². The van der Waals surface area contributed by atoms with Crippen molar-refractivity contribution in [2.45, 2.75) is 6.92 Å². The smallest absolute Gasteiger partial charge is 0.137 e. The van der Waals surface area contributed by atoms with E-state index >= 15 is 0 Å². The van der Waals surface area contributed by atoms with Crippen molar-refractivity contribution in [1.29, 1.82) is 0 Å². The highest BCUT2D eigenvalue weighted by Crippen LogP contribution is 2.31. The number of H-pyrrole nitrogens is 1. The maximum atomic E-state index is 5.18. The molecule has 21 heavy (non-hydrogen) atoms. The summed E-state index contributed by atoms with van der Waals surface area (Å²) in [4.78, 5) is 7.74. The van der Waals surface area contributed by atoms with Crippen LogP contribution in [0.3, 0.4) is 0 Å². The molecule has 0 radical (unpaired) electrons. The SMILES string of the molecule is Cc1ccc(-c2cnc3[nH]cc(-c4ccoc4)c3c2)cc1. The summed E-state index contributed by atoms with van der Waals surface area (Å²) >= 11 is 0. The average Bonchev–Trinajstić information content (AvgIpc) is 3.16. The number of aromatic amines is 1. The molecule has 0 atom stereocenters. The Bertz CT molecular complexity index is 887. The van der Waals surface area contributed by atoms with Gasteiger partial charge in [0, 0.05) is 34.5 Å². The van der Waals surface area contributed by atoms with E-state index in [2.05, 4.69) is 47.2 Å². The Balaban J connectivity index is 1.89. The molecule has 3 heteroatoms. The number of fused-ring (bicyclic) bond motifs is 1. The summed E-state index contributed by atoms with van der Waals surface area (Å²) in [6.07, 6.45) is 7.32. The fourth-order valence-electron chi connectivity index (χ4n) is 2.56. The molecule has 102 valence electrons. The molecule has 3 heterocycles. The van der Waals surface area contributed by atoms with Crippen LogP contribution in [0.25, 0.3) is 33.3 Å². The molecule has 0 saturated heterocycles. The van der Waals surface area contributed by atoms with Gasteiger partial charge in [0.05, 0.1) is 12.5 Å². The third-order valence-electron chi connectivity index (χ3n) is 3.75. The van der Waals surface area contributed by atoms with Crippen LogP contribution in [0.4, 0.5) is 0 Å². The number of furan rings is 1. The third-order valence-corrected chi connectivity index (χ3v) is 3.75. The highest BCUT2D eigenvalue weighted by molar-refractivity contribution is 5.95. The molecule has 0 fully saturated rings. The van der Waals surface area contributed by atoms with Gasteiger partial charge in [0.15, 0.2) is 0 Å². The fraction of sp³-hybridized carbons (Fsp3) is 0.0556. The van der Waals surface area contributed by atoms with Gasteiger partial charge in [-0.05, 0) is 24.6 Å². The summed E-state index contributed by atoms with van der Waals surface area (Å²) in [6.45, 7) is 2.09. The van der Waals surface area contributed by atoms with Gasteiger partial charge < -0.3 is 9.40 Å². The quantitative estimate of drug-likeness (QED) is 0.570. The molecule has 4 aromatic rings. The number of nitrogens with one attached hydrogen (secondary N) is 1. The van der Waals surface area contributed by atoms with E-state index in [9.17, 15) is 0 Å². The van der Waals surface area contributed by atoms with Gasteiger partial charge >= 0.3 is 0 Å². The second kappa shape index (κ2) is 4.63. The van der Waals surface area contributed by atoms with Gasteiger partial charge in [0.1, 0.15) is 5.65 Å². The molecule has 1 aromatic carbocycles. The van der Waals surface area contributed by atoms with E-state index in [1.807, 2.05) is 18.5 Å². The zero-order chi connectivity index (χ0) is 14.2. The van der Waals surface area contributed by atoms with Gasteiger partial charge in [-0.25, -0.2) is 4.98 Å². The van der Waals surface area contributed by atoms with Gasteiger partial charge in [0.25, 0.3) is 0 Å². The van der Waals surface area contributed by atoms with Gasteiger partial charge in [-0.1, -0.05) is 29.8 Å². The molecule has 0 spiro atoms. The van der Waals surface area contributed by atoms with Crippen LogP contribution in [-0.4, -0.2) is 9.97 Å². The molecule has 3 nitrogen and oxygen atoms in total. The molecule has 0 unspecified atom stereocenters. The number of hydrogen-bond acceptors (Lipinski definition) is 2. The summed E-state index contributed by atoms with van der Waals surface area (Å²) in [7, 11) is 0. The van der Waals surface area contributed by atoms with Crippen molar-refractivity contribution in [1.82, 2.24) is 9.97 Å². The van der Waals surface area contributed by atoms with Gasteiger partial charge in [-0.2, -0.15) is 0 Å². The Labute approximate surface area is 122 Å². The molecule has 0 bridgehead atoms. The number of aromatic nitrogens is 2. The Hall–Kier alpha value is -2.81. The van der Waals surface area contributed by atoms with Crippen LogP contribution in [0, 0.1) is 6.92 Å². The maximum absolute atomic E-state index is 5.18. The van der Waals surface area contributed by atoms with Gasteiger partial charge in [0.2, 0.25) is 0 Å². The zero-order valence-corrected chi connectivity index (χ0v) is 11.6. The molecule has 0 aliphatic heterocycles. The number of aryl methyl sites for hydroxylation is 1. The average molecular weight is 274 g/mol. The lowest BCUT2D eigenvalue weighted by molar-refractivity contribution is 0.568. The second-order valence-electron chi connectivity index (χ2n) is 5.20. The summed E-state index contributed by atoms with van der Waals surface area (Å²) < 4.78 is 5.18. The minimum absolute atomic E-state index is 0.891. The normalized spacial score (nSPS) is 11.1. The Morgan fingerprint density at radius 3 is 2.62 bits per heavy atom. The van der Waals surface area contributed by atoms with Gasteiger partial charge in [-0.15, -0.1) is 0 Å². The van der Waals surface area contributed by atoms with E-state index in [0.29, 0.717) is 0 Å². The van der Waals surface area contributed by atoms with E-state index in [1.54, 1.807) is 12.5 Å². The van der Waals surface area contributed by atoms with Crippen LogP contribution in [0.2, 0.25) is 0 Å². The van der Waals surface area contributed by atoms with Crippen molar-refractivity contribution in [2.75, 3.05) is 0 Å². The number of rotatable bonds is 2. The lowest BCUT2D eigenvalue weighted by atomic mass is 10.0. The predicted octanol–water partition coefficient (Wildman–Crippen LogP) is 4.80. The first-order chi connectivity index (χ1) is 10.3. The molecular weight excluding hydrogens is 260 g/mol. The van der Waals surface area contributed by atoms with Crippen LogP contribution in [0.15, 0.2) is 65.7 Å². The zero-order valence-electron chi connectivity index (χ0n) is 11.6. The van der Waals surface area contributed by atoms with Crippen LogP contribution in [0.1, 0.15) is 5.56 Å². The van der Waals surface area contributed by atoms with Crippen LogP contribution in [0.5, 0.6) is 0 Å². The summed E-state index contributed by atoms with van der Waals surface area (Å²) in [6, 6.07) is 12.6. The summed E-state index contributed by atoms with van der Waals surface area (Å²) in [5.41, 5.74) is 6.61. The first-order valence-corrected chi connectivity index (χ1v) is 6.88. The largest absolute Gasteiger partial charge is 0.472 e. The fourth-order valence-corrected chi connectivity index (χ4v) is 2.56. The number of pyridine rings is 1. The molecular formula is C18H14N2O. The van der Waals surface area contributed by atoms with Crippen molar-refractivity contribution < 1.29 is 4.42 Å². The lowest BCUT2D eigenvalue weighted by Crippen LogP contribution is -1.82. The van der Waals surface area contributed by atoms with E-state index in [-0.39, 0.29) is 0 Å². The topological polar surface area (TPSA) is 41.8 Å². The van der Waals surface area contributed by atoms with Crippen molar-refractivity contribution in [3.05, 3.63) is 66.9 Å².